The van der Waals surface area contributed by atoms with E-state index in [4.69, 9.17) is 0 Å². The zero-order valence-corrected chi connectivity index (χ0v) is 21.1. The van der Waals surface area contributed by atoms with E-state index in [0.29, 0.717) is 0 Å². The van der Waals surface area contributed by atoms with Crippen molar-refractivity contribution in [1.82, 2.24) is 9.13 Å². The predicted octanol–water partition coefficient (Wildman–Crippen LogP) is 6.69. The van der Waals surface area contributed by atoms with Crippen LogP contribution in [0.2, 0.25) is 0 Å². The molecular formula is C36H21BN2. The minimum Gasteiger partial charge on any atom is -0.310 e. The van der Waals surface area contributed by atoms with Gasteiger partial charge in [0.25, 0.3) is 6.71 Å². The lowest BCUT2D eigenvalue weighted by Gasteiger charge is -2.34. The average molecular weight is 492 g/mol. The van der Waals surface area contributed by atoms with Gasteiger partial charge in [-0.2, -0.15) is 0 Å². The van der Waals surface area contributed by atoms with Gasteiger partial charge >= 0.3 is 0 Å². The SMILES string of the molecule is c1ccc(-c2cc3c4ccccc4n4c3c3c2-n2c5ccccc5c5cccc(c52)B3c2ccccc2-4)cc1. The van der Waals surface area contributed by atoms with Gasteiger partial charge in [0.2, 0.25) is 0 Å². The first-order valence-corrected chi connectivity index (χ1v) is 13.7. The van der Waals surface area contributed by atoms with Gasteiger partial charge < -0.3 is 9.13 Å². The van der Waals surface area contributed by atoms with E-state index in [-0.39, 0.29) is 6.71 Å². The topological polar surface area (TPSA) is 9.86 Å². The van der Waals surface area contributed by atoms with Gasteiger partial charge in [0.05, 0.1) is 22.2 Å². The van der Waals surface area contributed by atoms with Crippen LogP contribution in [-0.4, -0.2) is 15.8 Å². The third kappa shape index (κ3) is 2.27. The lowest BCUT2D eigenvalue weighted by Crippen LogP contribution is -2.59. The van der Waals surface area contributed by atoms with Gasteiger partial charge in [-0.05, 0) is 46.2 Å². The molecule has 8 aromatic rings. The van der Waals surface area contributed by atoms with Crippen molar-refractivity contribution >= 4 is 66.7 Å². The second-order valence-electron chi connectivity index (χ2n) is 10.9. The maximum atomic E-state index is 2.57. The number of aromatic nitrogens is 2. The fourth-order valence-electron chi connectivity index (χ4n) is 7.67. The molecule has 0 aliphatic carbocycles. The maximum Gasteiger partial charge on any atom is 0.252 e. The van der Waals surface area contributed by atoms with E-state index in [2.05, 4.69) is 137 Å². The molecule has 6 aromatic carbocycles. The minimum atomic E-state index is 0.166. The molecule has 3 heteroatoms. The van der Waals surface area contributed by atoms with Gasteiger partial charge in [-0.25, -0.2) is 0 Å². The van der Waals surface area contributed by atoms with Crippen LogP contribution >= 0.6 is 0 Å². The smallest absolute Gasteiger partial charge is 0.252 e. The molecule has 0 spiro atoms. The zero-order valence-electron chi connectivity index (χ0n) is 21.1. The highest BCUT2D eigenvalue weighted by Gasteiger charge is 2.41. The number of fused-ring (bicyclic) bond motifs is 11. The third-order valence-electron chi connectivity index (χ3n) is 9.09. The van der Waals surface area contributed by atoms with E-state index in [1.165, 1.54) is 82.5 Å². The van der Waals surface area contributed by atoms with Crippen molar-refractivity contribution in [3.63, 3.8) is 0 Å². The Morgan fingerprint density at radius 3 is 1.95 bits per heavy atom. The second kappa shape index (κ2) is 6.89. The lowest BCUT2D eigenvalue weighted by molar-refractivity contribution is 1.16. The molecule has 178 valence electrons. The Bertz CT molecular complexity index is 2340. The molecule has 0 unspecified atom stereocenters. The van der Waals surface area contributed by atoms with Gasteiger partial charge in [-0.3, -0.25) is 0 Å². The van der Waals surface area contributed by atoms with E-state index in [1.807, 2.05) is 0 Å². The van der Waals surface area contributed by atoms with Crippen molar-refractivity contribution in [1.29, 1.82) is 0 Å². The standard InChI is InChI=1S/C36H21BN2/c1-2-11-22(12-3-1)26-21-27-24-14-5-7-18-30(24)38-32-20-9-6-16-28(32)37-29-17-10-15-25-23-13-4-8-19-31(23)39(34(25)29)35(26)33(37)36(27)38/h1-21H. The average Bonchev–Trinajstić information content (AvgIpc) is 3.52. The Morgan fingerprint density at radius 1 is 0.462 bits per heavy atom. The molecule has 4 heterocycles. The maximum absolute atomic E-state index is 2.57. The summed E-state index contributed by atoms with van der Waals surface area (Å²) in [7, 11) is 0. The summed E-state index contributed by atoms with van der Waals surface area (Å²) in [4.78, 5) is 0. The summed E-state index contributed by atoms with van der Waals surface area (Å²) in [5.41, 5.74) is 14.6. The van der Waals surface area contributed by atoms with Crippen molar-refractivity contribution in [3.05, 3.63) is 127 Å². The first-order chi connectivity index (χ1) is 19.4. The Hall–Kier alpha value is -5.02. The molecule has 2 aromatic heterocycles. The second-order valence-corrected chi connectivity index (χ2v) is 10.9. The van der Waals surface area contributed by atoms with Crippen LogP contribution in [0.4, 0.5) is 0 Å². The van der Waals surface area contributed by atoms with Crippen LogP contribution in [0.15, 0.2) is 127 Å². The molecule has 0 fully saturated rings. The summed E-state index contributed by atoms with van der Waals surface area (Å²) in [6.45, 7) is 0.166. The van der Waals surface area contributed by atoms with Crippen LogP contribution in [0, 0.1) is 0 Å². The quantitative estimate of drug-likeness (QED) is 0.226. The normalized spacial score (nSPS) is 13.1. The van der Waals surface area contributed by atoms with E-state index in [1.54, 1.807) is 0 Å². The molecule has 2 aliphatic heterocycles. The Kier molecular flexibility index (Phi) is 3.54. The van der Waals surface area contributed by atoms with E-state index < -0.39 is 0 Å². The molecular weight excluding hydrogens is 471 g/mol. The van der Waals surface area contributed by atoms with Crippen LogP contribution in [-0.2, 0) is 0 Å². The Morgan fingerprint density at radius 2 is 1.10 bits per heavy atom. The fourth-order valence-corrected chi connectivity index (χ4v) is 7.67. The first-order valence-electron chi connectivity index (χ1n) is 13.7. The van der Waals surface area contributed by atoms with Crippen molar-refractivity contribution < 1.29 is 0 Å². The number of rotatable bonds is 1. The molecule has 0 saturated heterocycles. The van der Waals surface area contributed by atoms with Crippen LogP contribution in [0.25, 0.3) is 66.1 Å². The first kappa shape index (κ1) is 20.0. The molecule has 0 saturated carbocycles. The Balaban J connectivity index is 1.56. The minimum absolute atomic E-state index is 0.166. The molecule has 2 nitrogen and oxygen atoms in total. The molecule has 0 amide bonds. The largest absolute Gasteiger partial charge is 0.310 e. The van der Waals surface area contributed by atoms with Gasteiger partial charge in [-0.15, -0.1) is 0 Å². The van der Waals surface area contributed by atoms with E-state index in [0.717, 1.165) is 0 Å². The zero-order chi connectivity index (χ0) is 25.2. The van der Waals surface area contributed by atoms with Crippen molar-refractivity contribution in [2.24, 2.45) is 0 Å². The van der Waals surface area contributed by atoms with Gasteiger partial charge in [0.15, 0.2) is 0 Å². The number of para-hydroxylation sites is 4. The van der Waals surface area contributed by atoms with Crippen molar-refractivity contribution in [2.45, 2.75) is 0 Å². The molecule has 0 radical (unpaired) electrons. The summed E-state index contributed by atoms with van der Waals surface area (Å²) in [6, 6.07) is 47.2. The molecule has 0 atom stereocenters. The van der Waals surface area contributed by atoms with Crippen molar-refractivity contribution in [3.8, 4) is 22.5 Å². The molecule has 10 rings (SSSR count). The molecule has 39 heavy (non-hydrogen) atoms. The van der Waals surface area contributed by atoms with E-state index in [9.17, 15) is 0 Å². The van der Waals surface area contributed by atoms with Gasteiger partial charge in [0.1, 0.15) is 0 Å². The van der Waals surface area contributed by atoms with Crippen molar-refractivity contribution in [2.75, 3.05) is 0 Å². The highest BCUT2D eigenvalue weighted by Crippen LogP contribution is 2.43. The van der Waals surface area contributed by atoms with Crippen LogP contribution in [0.1, 0.15) is 0 Å². The predicted molar refractivity (Wildman–Crippen MR) is 165 cm³/mol. The number of benzene rings is 6. The monoisotopic (exact) mass is 492 g/mol. The summed E-state index contributed by atoms with van der Waals surface area (Å²) in [5.74, 6) is 0. The Labute approximate surface area is 225 Å². The fraction of sp³-hybridized carbons (Fsp3) is 0. The highest BCUT2D eigenvalue weighted by atomic mass is 15.0. The number of hydrogen-bond donors (Lipinski definition) is 0. The molecule has 0 N–H and O–H groups in total. The molecule has 0 bridgehead atoms. The van der Waals surface area contributed by atoms with Crippen LogP contribution < -0.4 is 16.4 Å². The summed E-state index contributed by atoms with van der Waals surface area (Å²) in [5, 5.41) is 5.28. The van der Waals surface area contributed by atoms with Crippen LogP contribution in [0.5, 0.6) is 0 Å². The number of nitrogens with zero attached hydrogens (tertiary/aromatic N) is 2. The summed E-state index contributed by atoms with van der Waals surface area (Å²) < 4.78 is 5.10. The summed E-state index contributed by atoms with van der Waals surface area (Å²) >= 11 is 0. The lowest BCUT2D eigenvalue weighted by atomic mass is 9.34. The summed E-state index contributed by atoms with van der Waals surface area (Å²) in [6.07, 6.45) is 0. The molecule has 2 aliphatic rings. The van der Waals surface area contributed by atoms with Crippen LogP contribution in [0.3, 0.4) is 0 Å². The third-order valence-corrected chi connectivity index (χ3v) is 9.09. The van der Waals surface area contributed by atoms with Gasteiger partial charge in [0, 0.05) is 38.3 Å². The van der Waals surface area contributed by atoms with Gasteiger partial charge in [-0.1, -0.05) is 103 Å². The number of hydrogen-bond acceptors (Lipinski definition) is 0. The highest BCUT2D eigenvalue weighted by molar-refractivity contribution is 7.00. The van der Waals surface area contributed by atoms with E-state index >= 15 is 0 Å².